The minimum atomic E-state index is -0.695. The Balaban J connectivity index is 2.34. The zero-order chi connectivity index (χ0) is 20.0. The maximum atomic E-state index is 13.7. The van der Waals surface area contributed by atoms with Crippen LogP contribution < -0.4 is 14.8 Å². The van der Waals surface area contributed by atoms with E-state index in [0.29, 0.717) is 17.1 Å². The number of benzene rings is 2. The second kappa shape index (κ2) is 9.37. The second-order valence-electron chi connectivity index (χ2n) is 5.80. The summed E-state index contributed by atoms with van der Waals surface area (Å²) in [6, 6.07) is 11.1. The lowest BCUT2D eigenvalue weighted by atomic mass is 10.1. The topological polar surface area (TPSA) is 71.3 Å². The summed E-state index contributed by atoms with van der Waals surface area (Å²) in [5, 5.41) is 11.7. The summed E-state index contributed by atoms with van der Waals surface area (Å²) in [4.78, 5) is 12.3. The van der Waals surface area contributed by atoms with Crippen molar-refractivity contribution in [1.29, 1.82) is 5.26 Å². The van der Waals surface area contributed by atoms with E-state index in [1.165, 1.54) is 31.4 Å². The van der Waals surface area contributed by atoms with Gasteiger partial charge in [-0.25, -0.2) is 4.39 Å². The van der Waals surface area contributed by atoms with Gasteiger partial charge in [0.1, 0.15) is 17.5 Å². The van der Waals surface area contributed by atoms with Gasteiger partial charge in [0.25, 0.3) is 5.91 Å². The maximum Gasteiger partial charge on any atom is 0.266 e. The first-order valence-electron chi connectivity index (χ1n) is 8.07. The molecule has 140 valence electrons. The van der Waals surface area contributed by atoms with Crippen LogP contribution in [0.2, 0.25) is 0 Å². The number of carbonyl (C=O) groups is 1. The molecule has 0 heterocycles. The van der Waals surface area contributed by atoms with Gasteiger partial charge in [0.2, 0.25) is 0 Å². The Bertz CT molecular complexity index is 920. The minimum absolute atomic E-state index is 0.0106. The van der Waals surface area contributed by atoms with Crippen LogP contribution in [-0.4, -0.2) is 19.1 Å². The molecule has 0 aromatic heterocycles. The Morgan fingerprint density at radius 3 is 2.63 bits per heavy atom. The number of nitriles is 1. The third-order valence-corrected chi connectivity index (χ3v) is 4.20. The molecule has 0 fully saturated rings. The van der Waals surface area contributed by atoms with Crippen molar-refractivity contribution < 1.29 is 18.7 Å². The number of anilines is 1. The van der Waals surface area contributed by atoms with Crippen molar-refractivity contribution in [3.63, 3.8) is 0 Å². The molecule has 0 aliphatic rings. The number of carbonyl (C=O) groups excluding carboxylic acids is 1. The molecule has 2 aromatic rings. The predicted octanol–water partition coefficient (Wildman–Crippen LogP) is 4.77. The molecule has 0 saturated heterocycles. The van der Waals surface area contributed by atoms with Crippen LogP contribution in [0, 0.1) is 20.7 Å². The van der Waals surface area contributed by atoms with E-state index in [1.54, 1.807) is 18.2 Å². The molecule has 0 atom stereocenters. The number of para-hydroxylation sites is 1. The van der Waals surface area contributed by atoms with Gasteiger partial charge in [-0.3, -0.25) is 4.79 Å². The fourth-order valence-electron chi connectivity index (χ4n) is 2.24. The Morgan fingerprint density at radius 1 is 1.33 bits per heavy atom. The van der Waals surface area contributed by atoms with Crippen molar-refractivity contribution in [2.75, 3.05) is 12.4 Å². The van der Waals surface area contributed by atoms with Crippen molar-refractivity contribution >= 4 is 40.3 Å². The molecule has 2 rings (SSSR count). The minimum Gasteiger partial charge on any atom is -0.493 e. The predicted molar refractivity (Wildman–Crippen MR) is 110 cm³/mol. The maximum absolute atomic E-state index is 13.7. The van der Waals surface area contributed by atoms with Crippen LogP contribution in [0.15, 0.2) is 42.0 Å². The first-order chi connectivity index (χ1) is 12.8. The zero-order valence-corrected chi connectivity index (χ0v) is 17.2. The molecule has 0 bridgehead atoms. The van der Waals surface area contributed by atoms with E-state index in [1.807, 2.05) is 19.9 Å². The summed E-state index contributed by atoms with van der Waals surface area (Å²) in [6.07, 6.45) is 1.38. The lowest BCUT2D eigenvalue weighted by Gasteiger charge is -2.16. The highest BCUT2D eigenvalue weighted by Gasteiger charge is 2.15. The molecular formula is C20H18FIN2O3. The fourth-order valence-corrected chi connectivity index (χ4v) is 2.99. The molecule has 7 heteroatoms. The van der Waals surface area contributed by atoms with Gasteiger partial charge in [-0.2, -0.15) is 5.26 Å². The molecule has 0 spiro atoms. The SMILES string of the molecule is COc1cc(/C=C(\C#N)C(=O)Nc2ccccc2F)cc(I)c1OC(C)C. The van der Waals surface area contributed by atoms with E-state index < -0.39 is 11.7 Å². The molecule has 0 aliphatic carbocycles. The molecule has 0 unspecified atom stereocenters. The van der Waals surface area contributed by atoms with Gasteiger partial charge in [0, 0.05) is 0 Å². The molecule has 27 heavy (non-hydrogen) atoms. The summed E-state index contributed by atoms with van der Waals surface area (Å²) in [5.74, 6) is -0.179. The summed E-state index contributed by atoms with van der Waals surface area (Å²) in [6.45, 7) is 3.81. The van der Waals surface area contributed by atoms with Crippen LogP contribution in [-0.2, 0) is 4.79 Å². The average Bonchev–Trinajstić information content (AvgIpc) is 2.63. The van der Waals surface area contributed by atoms with Gasteiger partial charge in [-0.1, -0.05) is 12.1 Å². The number of hydrogen-bond donors (Lipinski definition) is 1. The molecule has 0 radical (unpaired) electrons. The largest absolute Gasteiger partial charge is 0.493 e. The Hall–Kier alpha value is -2.60. The summed E-state index contributed by atoms with van der Waals surface area (Å²) < 4.78 is 25.6. The van der Waals surface area contributed by atoms with Crippen LogP contribution in [0.5, 0.6) is 11.5 Å². The molecular weight excluding hydrogens is 462 g/mol. The third kappa shape index (κ3) is 5.44. The van der Waals surface area contributed by atoms with Crippen molar-refractivity contribution in [3.8, 4) is 17.6 Å². The third-order valence-electron chi connectivity index (χ3n) is 3.40. The quantitative estimate of drug-likeness (QED) is 0.368. The Labute approximate surface area is 170 Å². The van der Waals surface area contributed by atoms with Crippen LogP contribution in [0.25, 0.3) is 6.08 Å². The highest BCUT2D eigenvalue weighted by Crippen LogP contribution is 2.35. The number of nitrogens with zero attached hydrogens (tertiary/aromatic N) is 1. The number of amides is 1. The van der Waals surface area contributed by atoms with E-state index in [0.717, 1.165) is 3.57 Å². The average molecular weight is 480 g/mol. The van der Waals surface area contributed by atoms with Gasteiger partial charge in [-0.05, 0) is 72.3 Å². The van der Waals surface area contributed by atoms with Gasteiger partial charge in [0.15, 0.2) is 11.5 Å². The lowest BCUT2D eigenvalue weighted by Crippen LogP contribution is -2.14. The van der Waals surface area contributed by atoms with Gasteiger partial charge >= 0.3 is 0 Å². The molecule has 0 saturated carbocycles. The Morgan fingerprint density at radius 2 is 2.04 bits per heavy atom. The molecule has 5 nitrogen and oxygen atoms in total. The lowest BCUT2D eigenvalue weighted by molar-refractivity contribution is -0.112. The van der Waals surface area contributed by atoms with Crippen molar-refractivity contribution in [2.24, 2.45) is 0 Å². The molecule has 0 aliphatic heterocycles. The summed E-state index contributed by atoms with van der Waals surface area (Å²) in [7, 11) is 1.52. The summed E-state index contributed by atoms with van der Waals surface area (Å²) in [5.41, 5.74) is 0.442. The van der Waals surface area contributed by atoms with Crippen LogP contribution >= 0.6 is 22.6 Å². The second-order valence-corrected chi connectivity index (χ2v) is 6.97. The first kappa shape index (κ1) is 20.7. The number of methoxy groups -OCH3 is 1. The fraction of sp³-hybridized carbons (Fsp3) is 0.200. The molecule has 2 aromatic carbocycles. The smallest absolute Gasteiger partial charge is 0.266 e. The van der Waals surface area contributed by atoms with E-state index >= 15 is 0 Å². The summed E-state index contributed by atoms with van der Waals surface area (Å²) >= 11 is 2.10. The number of halogens is 2. The zero-order valence-electron chi connectivity index (χ0n) is 15.0. The van der Waals surface area contributed by atoms with Crippen molar-refractivity contribution in [1.82, 2.24) is 0 Å². The number of ether oxygens (including phenoxy) is 2. The van der Waals surface area contributed by atoms with E-state index in [2.05, 4.69) is 27.9 Å². The number of rotatable bonds is 6. The van der Waals surface area contributed by atoms with E-state index in [4.69, 9.17) is 9.47 Å². The number of hydrogen-bond acceptors (Lipinski definition) is 4. The monoisotopic (exact) mass is 480 g/mol. The van der Waals surface area contributed by atoms with Crippen molar-refractivity contribution in [2.45, 2.75) is 20.0 Å². The first-order valence-corrected chi connectivity index (χ1v) is 9.15. The highest BCUT2D eigenvalue weighted by atomic mass is 127. The van der Waals surface area contributed by atoms with Crippen LogP contribution in [0.3, 0.4) is 0 Å². The van der Waals surface area contributed by atoms with Gasteiger partial charge < -0.3 is 14.8 Å². The van der Waals surface area contributed by atoms with Crippen LogP contribution in [0.4, 0.5) is 10.1 Å². The number of nitrogens with one attached hydrogen (secondary N) is 1. The van der Waals surface area contributed by atoms with Crippen LogP contribution in [0.1, 0.15) is 19.4 Å². The molecule has 1 amide bonds. The highest BCUT2D eigenvalue weighted by molar-refractivity contribution is 14.1. The molecule has 1 N–H and O–H groups in total. The van der Waals surface area contributed by atoms with Gasteiger partial charge in [-0.15, -0.1) is 0 Å². The Kier molecular flexibility index (Phi) is 7.19. The van der Waals surface area contributed by atoms with E-state index in [9.17, 15) is 14.4 Å². The normalized spacial score (nSPS) is 11.1. The van der Waals surface area contributed by atoms with Gasteiger partial charge in [0.05, 0.1) is 22.5 Å². The van der Waals surface area contributed by atoms with E-state index in [-0.39, 0.29) is 17.4 Å². The van der Waals surface area contributed by atoms with Crippen molar-refractivity contribution in [3.05, 3.63) is 56.9 Å². The standard InChI is InChI=1S/C20H18FIN2O3/c1-12(2)27-19-16(22)9-13(10-18(19)26-3)8-14(11-23)20(25)24-17-7-5-4-6-15(17)21/h4-10,12H,1-3H3,(H,24,25)/b14-8+.